The Hall–Kier alpha value is -1.14. The van der Waals surface area contributed by atoms with Gasteiger partial charge in [0.15, 0.2) is 0 Å². The highest BCUT2D eigenvalue weighted by Crippen LogP contribution is 2.18. The summed E-state index contributed by atoms with van der Waals surface area (Å²) in [5.41, 5.74) is 0. The van der Waals surface area contributed by atoms with Crippen LogP contribution < -0.4 is 5.32 Å². The van der Waals surface area contributed by atoms with Gasteiger partial charge < -0.3 is 20.3 Å². The van der Waals surface area contributed by atoms with Gasteiger partial charge in [0.05, 0.1) is 25.4 Å². The quantitative estimate of drug-likeness (QED) is 0.0417. The molecule has 6 nitrogen and oxygen atoms in total. The molecule has 0 fully saturated rings. The van der Waals surface area contributed by atoms with Crippen LogP contribution >= 0.6 is 0 Å². The molecule has 2 unspecified atom stereocenters. The zero-order chi connectivity index (χ0) is 46.5. The number of hydrogen-bond acceptors (Lipinski definition) is 5. The molecule has 0 aliphatic carbocycles. The lowest BCUT2D eigenvalue weighted by Gasteiger charge is -2.22. The molecule has 0 saturated heterocycles. The number of rotatable bonds is 55. The Morgan fingerprint density at radius 3 is 0.953 bits per heavy atom. The van der Waals surface area contributed by atoms with Crippen LogP contribution in [0.2, 0.25) is 0 Å². The number of aliphatic hydroxyl groups excluding tert-OH is 2. The Labute approximate surface area is 400 Å². The topological polar surface area (TPSA) is 95.9 Å². The van der Waals surface area contributed by atoms with Gasteiger partial charge in [-0.1, -0.05) is 296 Å². The fourth-order valence-electron chi connectivity index (χ4n) is 9.41. The van der Waals surface area contributed by atoms with E-state index in [9.17, 15) is 19.8 Å². The molecule has 0 aromatic rings. The first-order valence-electron chi connectivity index (χ1n) is 29.3. The molecule has 0 radical (unpaired) electrons. The first-order valence-corrected chi connectivity index (χ1v) is 29.3. The number of esters is 1. The second-order valence-electron chi connectivity index (χ2n) is 20.3. The molecular formula is C58H115NO5. The second-order valence-corrected chi connectivity index (χ2v) is 20.3. The minimum atomic E-state index is -0.670. The Balaban J connectivity index is 3.42. The molecule has 0 aliphatic rings. The summed E-state index contributed by atoms with van der Waals surface area (Å²) in [5, 5.41) is 23.3. The third-order valence-corrected chi connectivity index (χ3v) is 13.9. The molecule has 0 saturated carbocycles. The van der Waals surface area contributed by atoms with E-state index in [4.69, 9.17) is 4.74 Å². The van der Waals surface area contributed by atoms with Crippen molar-refractivity contribution >= 4 is 11.9 Å². The first kappa shape index (κ1) is 62.9. The van der Waals surface area contributed by atoms with Crippen molar-refractivity contribution in [1.29, 1.82) is 0 Å². The van der Waals surface area contributed by atoms with E-state index in [1.54, 1.807) is 0 Å². The number of ether oxygens (including phenoxy) is 1. The van der Waals surface area contributed by atoms with E-state index < -0.39 is 12.1 Å². The summed E-state index contributed by atoms with van der Waals surface area (Å²) < 4.78 is 5.48. The summed E-state index contributed by atoms with van der Waals surface area (Å²) in [4.78, 5) is 24.5. The summed E-state index contributed by atoms with van der Waals surface area (Å²) in [6, 6.07) is -0.548. The predicted molar refractivity (Wildman–Crippen MR) is 278 cm³/mol. The highest BCUT2D eigenvalue weighted by atomic mass is 16.5. The van der Waals surface area contributed by atoms with Crippen molar-refractivity contribution in [2.24, 2.45) is 0 Å². The molecule has 0 aliphatic heterocycles. The summed E-state index contributed by atoms with van der Waals surface area (Å²) >= 11 is 0. The average Bonchev–Trinajstić information content (AvgIpc) is 3.29. The van der Waals surface area contributed by atoms with E-state index in [0.717, 1.165) is 51.4 Å². The fourth-order valence-corrected chi connectivity index (χ4v) is 9.41. The smallest absolute Gasteiger partial charge is 0.305 e. The van der Waals surface area contributed by atoms with Crippen LogP contribution in [-0.4, -0.2) is 47.4 Å². The molecule has 3 N–H and O–H groups in total. The van der Waals surface area contributed by atoms with Gasteiger partial charge in [-0.05, 0) is 25.7 Å². The Bertz CT molecular complexity index is 913. The minimum absolute atomic E-state index is 0.00195. The van der Waals surface area contributed by atoms with E-state index in [1.807, 2.05) is 0 Å². The molecule has 1 amide bonds. The Kier molecular flexibility index (Phi) is 53.5. The third kappa shape index (κ3) is 50.3. The van der Waals surface area contributed by atoms with Crippen molar-refractivity contribution in [3.05, 3.63) is 0 Å². The van der Waals surface area contributed by atoms with Crippen LogP contribution in [0.3, 0.4) is 0 Å². The minimum Gasteiger partial charge on any atom is -0.466 e. The molecule has 64 heavy (non-hydrogen) atoms. The van der Waals surface area contributed by atoms with Crippen molar-refractivity contribution in [1.82, 2.24) is 5.32 Å². The van der Waals surface area contributed by atoms with Crippen LogP contribution in [0.4, 0.5) is 0 Å². The van der Waals surface area contributed by atoms with Crippen molar-refractivity contribution in [2.45, 2.75) is 347 Å². The van der Waals surface area contributed by atoms with Gasteiger partial charge in [-0.25, -0.2) is 0 Å². The number of amides is 1. The van der Waals surface area contributed by atoms with Gasteiger partial charge in [0, 0.05) is 12.8 Å². The van der Waals surface area contributed by atoms with Gasteiger partial charge in [0.25, 0.3) is 0 Å². The van der Waals surface area contributed by atoms with E-state index >= 15 is 0 Å². The third-order valence-electron chi connectivity index (χ3n) is 13.9. The molecule has 6 heteroatoms. The van der Waals surface area contributed by atoms with Crippen molar-refractivity contribution in [3.8, 4) is 0 Å². The van der Waals surface area contributed by atoms with Gasteiger partial charge in [0.2, 0.25) is 5.91 Å². The van der Waals surface area contributed by atoms with Crippen molar-refractivity contribution in [2.75, 3.05) is 13.2 Å². The lowest BCUT2D eigenvalue weighted by Crippen LogP contribution is -2.45. The predicted octanol–water partition coefficient (Wildman–Crippen LogP) is 17.9. The Morgan fingerprint density at radius 1 is 0.375 bits per heavy atom. The lowest BCUT2D eigenvalue weighted by atomic mass is 10.0. The van der Waals surface area contributed by atoms with Crippen molar-refractivity contribution < 1.29 is 24.5 Å². The highest BCUT2D eigenvalue weighted by Gasteiger charge is 2.20. The van der Waals surface area contributed by atoms with Crippen LogP contribution in [0, 0.1) is 0 Å². The number of nitrogens with one attached hydrogen (secondary N) is 1. The molecule has 0 spiro atoms. The van der Waals surface area contributed by atoms with E-state index in [2.05, 4.69) is 19.2 Å². The van der Waals surface area contributed by atoms with Gasteiger partial charge in [-0.3, -0.25) is 9.59 Å². The Morgan fingerprint density at radius 2 is 0.641 bits per heavy atom. The highest BCUT2D eigenvalue weighted by molar-refractivity contribution is 5.76. The largest absolute Gasteiger partial charge is 0.466 e. The molecule has 0 bridgehead atoms. The monoisotopic (exact) mass is 906 g/mol. The molecule has 0 aromatic heterocycles. The molecule has 0 aromatic carbocycles. The molecule has 2 atom stereocenters. The summed E-state index contributed by atoms with van der Waals surface area (Å²) in [5.74, 6) is -0.0396. The molecule has 0 heterocycles. The zero-order valence-electron chi connectivity index (χ0n) is 43.5. The van der Waals surface area contributed by atoms with E-state index in [-0.39, 0.29) is 18.5 Å². The SMILES string of the molecule is CCCCCCCCCCCCCCCCCCCCC(O)C(CO)NC(=O)CCCCCCCCCCCCCCCCOC(=O)CCCCCCCCCCCCCCCCC. The van der Waals surface area contributed by atoms with Crippen LogP contribution in [-0.2, 0) is 14.3 Å². The number of carbonyl (C=O) groups excluding carboxylic acids is 2. The van der Waals surface area contributed by atoms with Gasteiger partial charge in [-0.2, -0.15) is 0 Å². The van der Waals surface area contributed by atoms with Gasteiger partial charge in [0.1, 0.15) is 0 Å². The summed E-state index contributed by atoms with van der Waals surface area (Å²) in [6.07, 6.45) is 62.3. The maximum atomic E-state index is 12.5. The standard InChI is InChI=1S/C58H115NO5/c1-3-5-7-9-11-13-15-17-19-20-21-23-26-30-34-38-42-46-50-56(61)55(54-60)59-57(62)51-47-43-39-35-31-27-24-25-29-33-37-41-45-49-53-64-58(63)52-48-44-40-36-32-28-22-18-16-14-12-10-8-6-4-2/h55-56,60-61H,3-54H2,1-2H3,(H,59,62). The van der Waals surface area contributed by atoms with Gasteiger partial charge >= 0.3 is 5.97 Å². The maximum absolute atomic E-state index is 12.5. The van der Waals surface area contributed by atoms with Crippen LogP contribution in [0.1, 0.15) is 335 Å². The fraction of sp³-hybridized carbons (Fsp3) is 0.966. The van der Waals surface area contributed by atoms with Gasteiger partial charge in [-0.15, -0.1) is 0 Å². The molecular weight excluding hydrogens is 791 g/mol. The second kappa shape index (κ2) is 54.5. The van der Waals surface area contributed by atoms with Crippen LogP contribution in [0.25, 0.3) is 0 Å². The van der Waals surface area contributed by atoms with Crippen LogP contribution in [0.15, 0.2) is 0 Å². The van der Waals surface area contributed by atoms with Crippen LogP contribution in [0.5, 0.6) is 0 Å². The lowest BCUT2D eigenvalue weighted by molar-refractivity contribution is -0.143. The van der Waals surface area contributed by atoms with E-state index in [1.165, 1.54) is 250 Å². The normalized spacial score (nSPS) is 12.5. The molecule has 0 rings (SSSR count). The van der Waals surface area contributed by atoms with Crippen molar-refractivity contribution in [3.63, 3.8) is 0 Å². The number of hydrogen-bond donors (Lipinski definition) is 3. The number of carbonyl (C=O) groups is 2. The molecule has 382 valence electrons. The first-order chi connectivity index (χ1) is 31.5. The summed E-state index contributed by atoms with van der Waals surface area (Å²) in [6.45, 7) is 4.96. The zero-order valence-corrected chi connectivity index (χ0v) is 43.5. The van der Waals surface area contributed by atoms with E-state index in [0.29, 0.717) is 25.9 Å². The average molecular weight is 907 g/mol. The number of unbranched alkanes of at least 4 members (excludes halogenated alkanes) is 44. The number of aliphatic hydroxyl groups is 2. The summed E-state index contributed by atoms with van der Waals surface area (Å²) in [7, 11) is 0. The maximum Gasteiger partial charge on any atom is 0.305 e.